The molecule has 1 unspecified atom stereocenters. The lowest BCUT2D eigenvalue weighted by atomic mass is 9.62. The number of likely N-dealkylation sites (tertiary alicyclic amines) is 1. The van der Waals surface area contributed by atoms with Crippen LogP contribution in [0.4, 0.5) is 0 Å². The molecule has 7 heteroatoms. The Bertz CT molecular complexity index is 832. The topological polar surface area (TPSA) is 63.9 Å². The fourth-order valence-electron chi connectivity index (χ4n) is 4.63. The Morgan fingerprint density at radius 2 is 2.12 bits per heavy atom. The van der Waals surface area contributed by atoms with Crippen molar-refractivity contribution in [3.05, 3.63) is 27.7 Å². The molecule has 1 atom stereocenters. The first-order chi connectivity index (χ1) is 12.1. The van der Waals surface area contributed by atoms with Gasteiger partial charge in [-0.3, -0.25) is 4.79 Å². The Balaban J connectivity index is 1.46. The van der Waals surface area contributed by atoms with Crippen molar-refractivity contribution >= 4 is 17.2 Å². The zero-order valence-corrected chi connectivity index (χ0v) is 15.6. The highest BCUT2D eigenvalue weighted by Gasteiger charge is 2.54. The molecule has 2 saturated carbocycles. The summed E-state index contributed by atoms with van der Waals surface area (Å²) in [4.78, 5) is 20.4. The highest BCUT2D eigenvalue weighted by molar-refractivity contribution is 7.13. The summed E-state index contributed by atoms with van der Waals surface area (Å²) in [5, 5.41) is 9.65. The molecule has 2 aromatic rings. The monoisotopic (exact) mass is 357 g/mol. The molecule has 3 fully saturated rings. The molecule has 6 nitrogen and oxygen atoms in total. The third kappa shape index (κ3) is 2.35. The highest BCUT2D eigenvalue weighted by atomic mass is 32.1. The summed E-state index contributed by atoms with van der Waals surface area (Å²) < 4.78 is 2.28. The van der Waals surface area contributed by atoms with Crippen molar-refractivity contribution in [1.29, 1.82) is 0 Å². The molecule has 0 aromatic carbocycles. The van der Waals surface area contributed by atoms with Crippen LogP contribution in [0.5, 0.6) is 0 Å². The van der Waals surface area contributed by atoms with Gasteiger partial charge in [0.15, 0.2) is 0 Å². The van der Waals surface area contributed by atoms with Crippen LogP contribution in [0.15, 0.2) is 6.33 Å². The van der Waals surface area contributed by atoms with Crippen LogP contribution in [0.3, 0.4) is 0 Å². The summed E-state index contributed by atoms with van der Waals surface area (Å²) in [7, 11) is 0. The van der Waals surface area contributed by atoms with E-state index >= 15 is 0 Å². The van der Waals surface area contributed by atoms with E-state index in [2.05, 4.69) is 24.6 Å². The maximum absolute atomic E-state index is 13.1. The van der Waals surface area contributed by atoms with Crippen molar-refractivity contribution in [2.24, 2.45) is 5.41 Å². The first-order valence-corrected chi connectivity index (χ1v) is 10.0. The number of thiazole rings is 1. The number of rotatable bonds is 3. The van der Waals surface area contributed by atoms with E-state index < -0.39 is 0 Å². The van der Waals surface area contributed by atoms with Crippen molar-refractivity contribution in [2.75, 3.05) is 13.1 Å². The van der Waals surface area contributed by atoms with E-state index in [1.807, 2.05) is 20.2 Å². The highest BCUT2D eigenvalue weighted by Crippen LogP contribution is 2.56. The second-order valence-corrected chi connectivity index (χ2v) is 9.13. The lowest BCUT2D eigenvalue weighted by Gasteiger charge is -2.42. The maximum Gasteiger partial charge on any atom is 0.265 e. The summed E-state index contributed by atoms with van der Waals surface area (Å²) in [6.45, 7) is 5.52. The van der Waals surface area contributed by atoms with Crippen molar-refractivity contribution in [1.82, 2.24) is 24.6 Å². The van der Waals surface area contributed by atoms with Crippen LogP contribution in [-0.4, -0.2) is 43.6 Å². The van der Waals surface area contributed by atoms with Gasteiger partial charge < -0.3 is 9.47 Å². The molecule has 0 N–H and O–H groups in total. The number of hydrogen-bond acceptors (Lipinski definition) is 5. The zero-order chi connectivity index (χ0) is 17.2. The van der Waals surface area contributed by atoms with Gasteiger partial charge >= 0.3 is 0 Å². The Hall–Kier alpha value is -1.76. The summed E-state index contributed by atoms with van der Waals surface area (Å²) in [6, 6.07) is 0.582. The molecule has 2 aliphatic carbocycles. The maximum atomic E-state index is 13.1. The molecule has 1 aliphatic heterocycles. The molecular weight excluding hydrogens is 334 g/mol. The predicted octanol–water partition coefficient (Wildman–Crippen LogP) is 3.10. The number of nitrogens with zero attached hydrogens (tertiary/aromatic N) is 5. The van der Waals surface area contributed by atoms with Gasteiger partial charge in [-0.1, -0.05) is 6.42 Å². The molecule has 1 saturated heterocycles. The van der Waals surface area contributed by atoms with Crippen molar-refractivity contribution in [3.8, 4) is 0 Å². The summed E-state index contributed by atoms with van der Waals surface area (Å²) >= 11 is 1.52. The second-order valence-electron chi connectivity index (χ2n) is 7.93. The fourth-order valence-corrected chi connectivity index (χ4v) is 5.51. The quantitative estimate of drug-likeness (QED) is 0.847. The Morgan fingerprint density at radius 1 is 1.32 bits per heavy atom. The number of aryl methyl sites for hydroxylation is 2. The summed E-state index contributed by atoms with van der Waals surface area (Å²) in [5.41, 5.74) is 1.07. The largest absolute Gasteiger partial charge is 0.337 e. The van der Waals surface area contributed by atoms with E-state index in [9.17, 15) is 4.79 Å². The van der Waals surface area contributed by atoms with E-state index in [4.69, 9.17) is 0 Å². The van der Waals surface area contributed by atoms with E-state index in [1.165, 1.54) is 43.4 Å². The van der Waals surface area contributed by atoms with E-state index in [0.717, 1.165) is 34.5 Å². The fraction of sp³-hybridized carbons (Fsp3) is 0.667. The SMILES string of the molecule is Cc1nc(C)c(C(=O)N2CC(c3nncn3C3CC3)C3(CCC3)C2)s1. The van der Waals surface area contributed by atoms with Crippen LogP contribution in [0.1, 0.15) is 70.3 Å². The third-order valence-electron chi connectivity index (χ3n) is 6.23. The van der Waals surface area contributed by atoms with Gasteiger partial charge in [-0.15, -0.1) is 21.5 Å². The van der Waals surface area contributed by atoms with Gasteiger partial charge in [-0.25, -0.2) is 4.98 Å². The van der Waals surface area contributed by atoms with Gasteiger partial charge in [0.25, 0.3) is 5.91 Å². The Kier molecular flexibility index (Phi) is 3.33. The summed E-state index contributed by atoms with van der Waals surface area (Å²) in [6.07, 6.45) is 7.99. The number of amides is 1. The van der Waals surface area contributed by atoms with Crippen LogP contribution in [0, 0.1) is 19.3 Å². The Morgan fingerprint density at radius 3 is 2.72 bits per heavy atom. The standard InChI is InChI=1S/C18H23N5OS/c1-11-15(25-12(2)20-11)17(24)22-8-14(18(9-22)6-3-7-18)16-21-19-10-23(16)13-4-5-13/h10,13-14H,3-9H2,1-2H3. The van der Waals surface area contributed by atoms with Crippen LogP contribution in [0.25, 0.3) is 0 Å². The minimum absolute atomic E-state index is 0.148. The van der Waals surface area contributed by atoms with Gasteiger partial charge in [-0.05, 0) is 44.9 Å². The Labute approximate surface area is 151 Å². The van der Waals surface area contributed by atoms with E-state index in [-0.39, 0.29) is 11.3 Å². The molecule has 5 rings (SSSR count). The first kappa shape index (κ1) is 15.5. The molecule has 1 spiro atoms. The minimum atomic E-state index is 0.148. The normalized spacial score (nSPS) is 24.7. The number of carbonyl (C=O) groups is 1. The molecule has 0 bridgehead atoms. The molecule has 2 aromatic heterocycles. The van der Waals surface area contributed by atoms with Crippen LogP contribution in [-0.2, 0) is 0 Å². The second kappa shape index (κ2) is 5.37. The molecule has 3 heterocycles. The van der Waals surface area contributed by atoms with Crippen molar-refractivity contribution < 1.29 is 4.79 Å². The van der Waals surface area contributed by atoms with Gasteiger partial charge in [0.05, 0.1) is 10.7 Å². The van der Waals surface area contributed by atoms with Crippen LogP contribution >= 0.6 is 11.3 Å². The van der Waals surface area contributed by atoms with Gasteiger partial charge in [-0.2, -0.15) is 0 Å². The minimum Gasteiger partial charge on any atom is -0.337 e. The lowest BCUT2D eigenvalue weighted by Crippen LogP contribution is -2.38. The van der Waals surface area contributed by atoms with E-state index in [1.54, 1.807) is 0 Å². The molecule has 0 radical (unpaired) electrons. The zero-order valence-electron chi connectivity index (χ0n) is 14.7. The molecule has 132 valence electrons. The van der Waals surface area contributed by atoms with Crippen LogP contribution in [0.2, 0.25) is 0 Å². The van der Waals surface area contributed by atoms with E-state index in [0.29, 0.717) is 12.0 Å². The summed E-state index contributed by atoms with van der Waals surface area (Å²) in [5.74, 6) is 1.58. The molecule has 25 heavy (non-hydrogen) atoms. The van der Waals surface area contributed by atoms with Crippen molar-refractivity contribution in [2.45, 2.75) is 57.9 Å². The van der Waals surface area contributed by atoms with Crippen molar-refractivity contribution in [3.63, 3.8) is 0 Å². The molecule has 3 aliphatic rings. The molecular formula is C18H23N5OS. The van der Waals surface area contributed by atoms with Gasteiger partial charge in [0, 0.05) is 25.0 Å². The number of aromatic nitrogens is 4. The average molecular weight is 357 g/mol. The smallest absolute Gasteiger partial charge is 0.265 e. The third-order valence-corrected chi connectivity index (χ3v) is 7.30. The number of hydrogen-bond donors (Lipinski definition) is 0. The molecule has 1 amide bonds. The van der Waals surface area contributed by atoms with Gasteiger partial charge in [0.2, 0.25) is 0 Å². The van der Waals surface area contributed by atoms with Gasteiger partial charge in [0.1, 0.15) is 17.0 Å². The average Bonchev–Trinajstić information content (AvgIpc) is 3.01. The predicted molar refractivity (Wildman–Crippen MR) is 94.8 cm³/mol. The lowest BCUT2D eigenvalue weighted by molar-refractivity contribution is 0.0727. The van der Waals surface area contributed by atoms with Crippen LogP contribution < -0.4 is 0 Å². The number of carbonyl (C=O) groups excluding carboxylic acids is 1. The first-order valence-electron chi connectivity index (χ1n) is 9.20.